The first-order valence-corrected chi connectivity index (χ1v) is 11.1. The van der Waals surface area contributed by atoms with Gasteiger partial charge in [-0.15, -0.1) is 0 Å². The quantitative estimate of drug-likeness (QED) is 0.664. The van der Waals surface area contributed by atoms with Gasteiger partial charge in [-0.05, 0) is 31.2 Å². The summed E-state index contributed by atoms with van der Waals surface area (Å²) in [5.74, 6) is 0.0577. The van der Waals surface area contributed by atoms with Gasteiger partial charge in [0.2, 0.25) is 11.8 Å². The number of benzene rings is 1. The van der Waals surface area contributed by atoms with Crippen molar-refractivity contribution in [3.8, 4) is 0 Å². The van der Waals surface area contributed by atoms with Crippen molar-refractivity contribution in [1.29, 1.82) is 0 Å². The van der Waals surface area contributed by atoms with Gasteiger partial charge in [-0.1, -0.05) is 30.3 Å². The van der Waals surface area contributed by atoms with E-state index in [1.165, 1.54) is 0 Å². The lowest BCUT2D eigenvalue weighted by Gasteiger charge is -2.44. The third-order valence-electron chi connectivity index (χ3n) is 6.01. The van der Waals surface area contributed by atoms with Crippen LogP contribution in [0.25, 0.3) is 0 Å². The van der Waals surface area contributed by atoms with Crippen molar-refractivity contribution < 1.29 is 19.1 Å². The van der Waals surface area contributed by atoms with Crippen LogP contribution in [0.1, 0.15) is 38.2 Å². The fourth-order valence-corrected chi connectivity index (χ4v) is 4.40. The molecule has 1 N–H and O–H groups in total. The molecule has 0 bridgehead atoms. The summed E-state index contributed by atoms with van der Waals surface area (Å²) >= 11 is 0. The first-order valence-electron chi connectivity index (χ1n) is 11.1. The van der Waals surface area contributed by atoms with Crippen LogP contribution >= 0.6 is 0 Å². The number of piperidine rings is 1. The molecule has 0 spiro atoms. The van der Waals surface area contributed by atoms with Crippen molar-refractivity contribution >= 4 is 11.8 Å². The molecule has 2 amide bonds. The minimum absolute atomic E-state index is 0.0632. The van der Waals surface area contributed by atoms with Crippen LogP contribution in [0.4, 0.5) is 0 Å². The van der Waals surface area contributed by atoms with Gasteiger partial charge in [0.15, 0.2) is 0 Å². The second kappa shape index (κ2) is 12.0. The molecule has 0 saturated carbocycles. The molecule has 1 unspecified atom stereocenters. The Hall–Kier alpha value is -1.96. The molecule has 7 nitrogen and oxygen atoms in total. The first-order chi connectivity index (χ1) is 14.6. The number of nitrogens with zero attached hydrogens (tertiary/aromatic N) is 2. The molecule has 2 aliphatic heterocycles. The van der Waals surface area contributed by atoms with Gasteiger partial charge in [-0.25, -0.2) is 0 Å². The molecular formula is C23H35N3O4. The van der Waals surface area contributed by atoms with E-state index in [4.69, 9.17) is 9.47 Å². The summed E-state index contributed by atoms with van der Waals surface area (Å²) in [7, 11) is 0. The van der Waals surface area contributed by atoms with Crippen LogP contribution in [0, 0.1) is 0 Å². The molecule has 0 aliphatic carbocycles. The second-order valence-electron chi connectivity index (χ2n) is 8.17. The number of nitrogens with one attached hydrogen (secondary N) is 1. The molecule has 7 heteroatoms. The van der Waals surface area contributed by atoms with Crippen LogP contribution < -0.4 is 5.32 Å². The smallest absolute Gasteiger partial charge is 0.246 e. The number of amides is 2. The van der Waals surface area contributed by atoms with Gasteiger partial charge < -0.3 is 19.7 Å². The Labute approximate surface area is 179 Å². The lowest BCUT2D eigenvalue weighted by atomic mass is 9.98. The van der Waals surface area contributed by atoms with E-state index in [1.807, 2.05) is 35.2 Å². The predicted octanol–water partition coefficient (Wildman–Crippen LogP) is 1.81. The van der Waals surface area contributed by atoms with Crippen molar-refractivity contribution in [3.05, 3.63) is 35.9 Å². The van der Waals surface area contributed by atoms with Gasteiger partial charge in [0.05, 0.1) is 6.61 Å². The van der Waals surface area contributed by atoms with Crippen LogP contribution in [0.3, 0.4) is 0 Å². The summed E-state index contributed by atoms with van der Waals surface area (Å²) in [6, 6.07) is 10.6. The van der Waals surface area contributed by atoms with Gasteiger partial charge in [-0.2, -0.15) is 0 Å². The number of hydrogen-bond acceptors (Lipinski definition) is 5. The van der Waals surface area contributed by atoms with E-state index in [0.29, 0.717) is 25.2 Å². The van der Waals surface area contributed by atoms with Crippen LogP contribution in [0.15, 0.2) is 30.3 Å². The Morgan fingerprint density at radius 1 is 1.17 bits per heavy atom. The highest BCUT2D eigenvalue weighted by atomic mass is 16.5. The van der Waals surface area contributed by atoms with Crippen LogP contribution in [0.5, 0.6) is 0 Å². The summed E-state index contributed by atoms with van der Waals surface area (Å²) in [5.41, 5.74) is 1.06. The Balaban J connectivity index is 1.45. The third kappa shape index (κ3) is 7.07. The predicted molar refractivity (Wildman–Crippen MR) is 115 cm³/mol. The van der Waals surface area contributed by atoms with Gasteiger partial charge >= 0.3 is 0 Å². The fourth-order valence-electron chi connectivity index (χ4n) is 4.40. The Morgan fingerprint density at radius 3 is 2.67 bits per heavy atom. The molecule has 3 rings (SSSR count). The molecule has 2 fully saturated rings. The van der Waals surface area contributed by atoms with E-state index in [0.717, 1.165) is 64.1 Å². The highest BCUT2D eigenvalue weighted by Gasteiger charge is 2.31. The molecule has 1 atom stereocenters. The van der Waals surface area contributed by atoms with Gasteiger partial charge in [0.25, 0.3) is 0 Å². The Morgan fingerprint density at radius 2 is 1.93 bits per heavy atom. The normalized spacial score (nSPS) is 20.3. The number of carbonyl (C=O) groups excluding carboxylic acids is 2. The average molecular weight is 418 g/mol. The summed E-state index contributed by atoms with van der Waals surface area (Å²) in [6.07, 6.45) is 4.13. The number of likely N-dealkylation sites (tertiary alicyclic amines) is 1. The van der Waals surface area contributed by atoms with Crippen molar-refractivity contribution in [2.24, 2.45) is 0 Å². The number of carbonyl (C=O) groups is 2. The Kier molecular flexibility index (Phi) is 9.11. The SMILES string of the molecule is CC(=O)N1CCCC(N(CCNC(=O)COCc2ccccc2)C2CCOCC2)C1. The molecule has 30 heavy (non-hydrogen) atoms. The molecule has 0 radical (unpaired) electrons. The van der Waals surface area contributed by atoms with Crippen LogP contribution in [-0.2, 0) is 25.7 Å². The molecule has 2 aliphatic rings. The van der Waals surface area contributed by atoms with E-state index < -0.39 is 0 Å². The van der Waals surface area contributed by atoms with Crippen LogP contribution in [-0.4, -0.2) is 79.7 Å². The van der Waals surface area contributed by atoms with Gasteiger partial charge in [0, 0.05) is 58.4 Å². The van der Waals surface area contributed by atoms with Crippen molar-refractivity contribution in [1.82, 2.24) is 15.1 Å². The highest BCUT2D eigenvalue weighted by Crippen LogP contribution is 2.23. The molecule has 2 saturated heterocycles. The topological polar surface area (TPSA) is 71.1 Å². The maximum atomic E-state index is 12.2. The molecule has 0 aromatic heterocycles. The molecule has 2 heterocycles. The van der Waals surface area contributed by atoms with Crippen molar-refractivity contribution in [3.63, 3.8) is 0 Å². The lowest BCUT2D eigenvalue weighted by molar-refractivity contribution is -0.131. The van der Waals surface area contributed by atoms with Gasteiger partial charge in [0.1, 0.15) is 6.61 Å². The Bertz CT molecular complexity index is 664. The monoisotopic (exact) mass is 417 g/mol. The zero-order chi connectivity index (χ0) is 21.2. The standard InChI is InChI=1S/C23H35N3O4/c1-19(27)25-12-5-8-22(16-25)26(21-9-14-29-15-10-21)13-11-24-23(28)18-30-17-20-6-3-2-4-7-20/h2-4,6-7,21-22H,5,8-18H2,1H3,(H,24,28). The molecule has 1 aromatic rings. The summed E-state index contributed by atoms with van der Waals surface area (Å²) in [5, 5.41) is 2.99. The molecular weight excluding hydrogens is 382 g/mol. The summed E-state index contributed by atoms with van der Waals surface area (Å²) in [6.45, 7) is 6.71. The van der Waals surface area contributed by atoms with Gasteiger partial charge in [-0.3, -0.25) is 14.5 Å². The van der Waals surface area contributed by atoms with E-state index in [1.54, 1.807) is 6.92 Å². The maximum Gasteiger partial charge on any atom is 0.246 e. The summed E-state index contributed by atoms with van der Waals surface area (Å²) in [4.78, 5) is 28.5. The first kappa shape index (κ1) is 22.7. The minimum atomic E-state index is -0.0909. The number of ether oxygens (including phenoxy) is 2. The second-order valence-corrected chi connectivity index (χ2v) is 8.17. The van der Waals surface area contributed by atoms with E-state index >= 15 is 0 Å². The van der Waals surface area contributed by atoms with E-state index in [-0.39, 0.29) is 18.4 Å². The zero-order valence-electron chi connectivity index (χ0n) is 18.1. The maximum absolute atomic E-state index is 12.2. The number of rotatable bonds is 9. The van der Waals surface area contributed by atoms with Crippen molar-refractivity contribution in [2.45, 2.75) is 51.3 Å². The van der Waals surface area contributed by atoms with Crippen LogP contribution in [0.2, 0.25) is 0 Å². The minimum Gasteiger partial charge on any atom is -0.381 e. The largest absolute Gasteiger partial charge is 0.381 e. The van der Waals surface area contributed by atoms with E-state index in [2.05, 4.69) is 10.2 Å². The lowest BCUT2D eigenvalue weighted by Crippen LogP contribution is -2.55. The zero-order valence-corrected chi connectivity index (χ0v) is 18.1. The molecule has 1 aromatic carbocycles. The summed E-state index contributed by atoms with van der Waals surface area (Å²) < 4.78 is 11.1. The highest BCUT2D eigenvalue weighted by molar-refractivity contribution is 5.77. The fraction of sp³-hybridized carbons (Fsp3) is 0.652. The average Bonchev–Trinajstić information content (AvgIpc) is 2.78. The third-order valence-corrected chi connectivity index (χ3v) is 6.01. The van der Waals surface area contributed by atoms with Crippen molar-refractivity contribution in [2.75, 3.05) is 46.0 Å². The van der Waals surface area contributed by atoms with E-state index in [9.17, 15) is 9.59 Å². The molecule has 166 valence electrons. The number of hydrogen-bond donors (Lipinski definition) is 1.